The van der Waals surface area contributed by atoms with Crippen molar-refractivity contribution in [1.82, 2.24) is 9.80 Å². The van der Waals surface area contributed by atoms with Gasteiger partial charge in [-0.15, -0.1) is 11.3 Å². The highest BCUT2D eigenvalue weighted by atomic mass is 35.5. The van der Waals surface area contributed by atoms with Gasteiger partial charge >= 0.3 is 0 Å². The van der Waals surface area contributed by atoms with Crippen LogP contribution in [0.15, 0.2) is 60.0 Å². The average Bonchev–Trinajstić information content (AvgIpc) is 3.32. The van der Waals surface area contributed by atoms with Crippen molar-refractivity contribution >= 4 is 34.8 Å². The molecule has 7 heteroatoms. The molecule has 2 heterocycles. The summed E-state index contributed by atoms with van der Waals surface area (Å²) in [6.45, 7) is 3.21. The van der Waals surface area contributed by atoms with Crippen LogP contribution in [0.25, 0.3) is 0 Å². The first-order chi connectivity index (χ1) is 16.5. The third-order valence-corrected chi connectivity index (χ3v) is 7.45. The SMILES string of the molecule is CCCCN(CC(=O)N1CCc2sccc2C1c1ccc(Cl)cc1)C(=O)Cc1ccc(F)cc1. The Labute approximate surface area is 209 Å². The van der Waals surface area contributed by atoms with Gasteiger partial charge in [-0.25, -0.2) is 4.39 Å². The summed E-state index contributed by atoms with van der Waals surface area (Å²) in [7, 11) is 0. The van der Waals surface area contributed by atoms with Gasteiger partial charge in [-0.2, -0.15) is 0 Å². The summed E-state index contributed by atoms with van der Waals surface area (Å²) in [5.74, 6) is -0.523. The molecule has 0 bridgehead atoms. The zero-order chi connectivity index (χ0) is 24.1. The van der Waals surface area contributed by atoms with E-state index in [4.69, 9.17) is 11.6 Å². The molecule has 3 aromatic rings. The first-order valence-corrected chi connectivity index (χ1v) is 12.9. The molecule has 4 rings (SSSR count). The molecule has 0 aliphatic carbocycles. The van der Waals surface area contributed by atoms with Gasteiger partial charge in [0.25, 0.3) is 0 Å². The van der Waals surface area contributed by atoms with Crippen molar-refractivity contribution in [2.75, 3.05) is 19.6 Å². The van der Waals surface area contributed by atoms with E-state index in [0.717, 1.165) is 36.0 Å². The summed E-state index contributed by atoms with van der Waals surface area (Å²) < 4.78 is 13.3. The lowest BCUT2D eigenvalue weighted by molar-refractivity contribution is -0.141. The van der Waals surface area contributed by atoms with Crippen LogP contribution in [0.3, 0.4) is 0 Å². The van der Waals surface area contributed by atoms with E-state index >= 15 is 0 Å². The summed E-state index contributed by atoms with van der Waals surface area (Å²) in [4.78, 5) is 31.6. The largest absolute Gasteiger partial charge is 0.333 e. The van der Waals surface area contributed by atoms with Crippen LogP contribution in [0, 0.1) is 5.82 Å². The number of carbonyl (C=O) groups is 2. The molecule has 1 unspecified atom stereocenters. The fourth-order valence-electron chi connectivity index (χ4n) is 4.37. The summed E-state index contributed by atoms with van der Waals surface area (Å²) in [6, 6.07) is 15.5. The van der Waals surface area contributed by atoms with Crippen LogP contribution < -0.4 is 0 Å². The Hall–Kier alpha value is -2.70. The standard InChI is InChI=1S/C27H28ClFN2O2S/c1-2-3-14-30(25(32)17-19-4-10-22(29)11-5-19)18-26(33)31-15-12-24-23(13-16-34-24)27(31)20-6-8-21(28)9-7-20/h4-11,13,16,27H,2-3,12,14-15,17-18H2,1H3. The highest BCUT2D eigenvalue weighted by Gasteiger charge is 2.33. The van der Waals surface area contributed by atoms with E-state index in [1.54, 1.807) is 28.4 Å². The van der Waals surface area contributed by atoms with Crippen LogP contribution in [0.1, 0.15) is 47.4 Å². The normalized spacial score (nSPS) is 15.1. The number of hydrogen-bond donors (Lipinski definition) is 0. The maximum absolute atomic E-state index is 13.6. The minimum atomic E-state index is -0.333. The molecule has 0 radical (unpaired) electrons. The molecule has 0 saturated carbocycles. The van der Waals surface area contributed by atoms with Crippen LogP contribution in [0.4, 0.5) is 4.39 Å². The number of nitrogens with zero attached hydrogens (tertiary/aromatic N) is 2. The summed E-state index contributed by atoms with van der Waals surface area (Å²) in [5, 5.41) is 2.72. The Morgan fingerprint density at radius 2 is 1.85 bits per heavy atom. The van der Waals surface area contributed by atoms with Gasteiger partial charge in [-0.05, 0) is 65.2 Å². The second-order valence-electron chi connectivity index (χ2n) is 8.56. The zero-order valence-corrected chi connectivity index (χ0v) is 20.7. The Morgan fingerprint density at radius 1 is 1.12 bits per heavy atom. The smallest absolute Gasteiger partial charge is 0.242 e. The number of rotatable bonds is 8. The lowest BCUT2D eigenvalue weighted by Crippen LogP contribution is -2.47. The molecule has 2 aromatic carbocycles. The van der Waals surface area contributed by atoms with Gasteiger partial charge in [0.1, 0.15) is 5.82 Å². The van der Waals surface area contributed by atoms with E-state index in [1.165, 1.54) is 17.0 Å². The third kappa shape index (κ3) is 5.68. The molecule has 0 saturated heterocycles. The molecule has 1 aliphatic rings. The predicted molar refractivity (Wildman–Crippen MR) is 135 cm³/mol. The van der Waals surface area contributed by atoms with Crippen molar-refractivity contribution in [2.24, 2.45) is 0 Å². The van der Waals surface area contributed by atoms with Crippen LogP contribution in [-0.2, 0) is 22.4 Å². The Balaban J connectivity index is 1.55. The van der Waals surface area contributed by atoms with Crippen molar-refractivity contribution in [2.45, 2.75) is 38.6 Å². The Morgan fingerprint density at radius 3 is 2.56 bits per heavy atom. The summed E-state index contributed by atoms with van der Waals surface area (Å²) in [5.41, 5.74) is 2.89. The maximum atomic E-state index is 13.6. The van der Waals surface area contributed by atoms with E-state index in [2.05, 4.69) is 18.4 Å². The van der Waals surface area contributed by atoms with Crippen molar-refractivity contribution in [3.05, 3.63) is 92.4 Å². The van der Waals surface area contributed by atoms with Gasteiger partial charge in [0.05, 0.1) is 19.0 Å². The Bertz CT molecular complexity index is 1130. The lowest BCUT2D eigenvalue weighted by Gasteiger charge is -2.37. The number of benzene rings is 2. The van der Waals surface area contributed by atoms with Crippen molar-refractivity contribution in [1.29, 1.82) is 0 Å². The molecule has 4 nitrogen and oxygen atoms in total. The van der Waals surface area contributed by atoms with E-state index in [-0.39, 0.29) is 36.6 Å². The van der Waals surface area contributed by atoms with Gasteiger partial charge in [-0.1, -0.05) is 49.2 Å². The third-order valence-electron chi connectivity index (χ3n) is 6.20. The molecular weight excluding hydrogens is 471 g/mol. The topological polar surface area (TPSA) is 40.6 Å². The number of amides is 2. The van der Waals surface area contributed by atoms with Crippen LogP contribution in [-0.4, -0.2) is 41.2 Å². The maximum Gasteiger partial charge on any atom is 0.242 e. The Kier molecular flexibility index (Phi) is 8.01. The quantitative estimate of drug-likeness (QED) is 0.388. The van der Waals surface area contributed by atoms with E-state index in [0.29, 0.717) is 18.1 Å². The van der Waals surface area contributed by atoms with E-state index in [1.807, 2.05) is 29.2 Å². The van der Waals surface area contributed by atoms with Crippen molar-refractivity contribution in [3.8, 4) is 0 Å². The monoisotopic (exact) mass is 498 g/mol. The molecule has 0 N–H and O–H groups in total. The first-order valence-electron chi connectivity index (χ1n) is 11.6. The highest BCUT2D eigenvalue weighted by molar-refractivity contribution is 7.10. The molecule has 1 atom stereocenters. The fourth-order valence-corrected chi connectivity index (χ4v) is 5.40. The van der Waals surface area contributed by atoms with Gasteiger partial charge in [0.2, 0.25) is 11.8 Å². The number of unbranched alkanes of at least 4 members (excludes halogenated alkanes) is 1. The van der Waals surface area contributed by atoms with Gasteiger partial charge in [0, 0.05) is 23.0 Å². The fraction of sp³-hybridized carbons (Fsp3) is 0.333. The van der Waals surface area contributed by atoms with Gasteiger partial charge < -0.3 is 9.80 Å². The average molecular weight is 499 g/mol. The lowest BCUT2D eigenvalue weighted by atomic mass is 9.93. The highest BCUT2D eigenvalue weighted by Crippen LogP contribution is 2.38. The van der Waals surface area contributed by atoms with Crippen LogP contribution in [0.2, 0.25) is 5.02 Å². The van der Waals surface area contributed by atoms with Crippen LogP contribution >= 0.6 is 22.9 Å². The molecule has 1 aliphatic heterocycles. The first kappa shape index (κ1) is 24.4. The number of fused-ring (bicyclic) bond motifs is 1. The predicted octanol–water partition coefficient (Wildman–Crippen LogP) is 5.89. The van der Waals surface area contributed by atoms with E-state index < -0.39 is 0 Å². The molecule has 0 spiro atoms. The molecule has 34 heavy (non-hydrogen) atoms. The zero-order valence-electron chi connectivity index (χ0n) is 19.2. The van der Waals surface area contributed by atoms with Gasteiger partial charge in [0.15, 0.2) is 0 Å². The van der Waals surface area contributed by atoms with E-state index in [9.17, 15) is 14.0 Å². The minimum absolute atomic E-state index is 0.0313. The van der Waals surface area contributed by atoms with Crippen molar-refractivity contribution < 1.29 is 14.0 Å². The second kappa shape index (κ2) is 11.2. The molecular formula is C27H28ClFN2O2S. The molecule has 2 amide bonds. The summed E-state index contributed by atoms with van der Waals surface area (Å²) in [6.07, 6.45) is 2.69. The number of hydrogen-bond acceptors (Lipinski definition) is 3. The number of thiophene rings is 1. The molecule has 0 fully saturated rings. The number of carbonyl (C=O) groups excluding carboxylic acids is 2. The van der Waals surface area contributed by atoms with Crippen LogP contribution in [0.5, 0.6) is 0 Å². The second-order valence-corrected chi connectivity index (χ2v) is 10.00. The molecule has 1 aromatic heterocycles. The van der Waals surface area contributed by atoms with Crippen molar-refractivity contribution in [3.63, 3.8) is 0 Å². The molecule has 178 valence electrons. The summed E-state index contributed by atoms with van der Waals surface area (Å²) >= 11 is 7.83. The minimum Gasteiger partial charge on any atom is -0.333 e. The van der Waals surface area contributed by atoms with Gasteiger partial charge in [-0.3, -0.25) is 9.59 Å². The number of halogens is 2.